The molecule has 1 heterocycles. The molecule has 3 nitrogen and oxygen atoms in total. The number of hydrogen-bond acceptors (Lipinski definition) is 2. The second-order valence-electron chi connectivity index (χ2n) is 5.10. The molecule has 2 aromatic rings. The minimum atomic E-state index is -0.212. The summed E-state index contributed by atoms with van der Waals surface area (Å²) in [6, 6.07) is 8.97. The van der Waals surface area contributed by atoms with Gasteiger partial charge in [0.05, 0.1) is 16.6 Å². The number of aromatic nitrogens is 1. The van der Waals surface area contributed by atoms with E-state index in [9.17, 15) is 4.79 Å². The summed E-state index contributed by atoms with van der Waals surface area (Å²) in [7, 11) is 0. The summed E-state index contributed by atoms with van der Waals surface area (Å²) in [5.74, 6) is 0.0202. The molecule has 0 saturated carbocycles. The first kappa shape index (κ1) is 15.8. The van der Waals surface area contributed by atoms with Crippen LogP contribution in [0.2, 0.25) is 10.0 Å². The third kappa shape index (κ3) is 3.96. The summed E-state index contributed by atoms with van der Waals surface area (Å²) in [5, 5.41) is 4.03. The van der Waals surface area contributed by atoms with Crippen LogP contribution in [0.15, 0.2) is 42.7 Å². The van der Waals surface area contributed by atoms with Gasteiger partial charge in [-0.3, -0.25) is 9.78 Å². The molecule has 21 heavy (non-hydrogen) atoms. The average Bonchev–Trinajstić information content (AvgIpc) is 2.46. The number of nitrogens with one attached hydrogen (secondary N) is 1. The van der Waals surface area contributed by atoms with Crippen molar-refractivity contribution in [3.63, 3.8) is 0 Å². The molecule has 1 aromatic carbocycles. The number of amides is 1. The number of nitrogens with zero attached hydrogens (tertiary/aromatic N) is 1. The van der Waals surface area contributed by atoms with Gasteiger partial charge in [-0.05, 0) is 29.7 Å². The molecule has 1 amide bonds. The Kier molecular flexibility index (Phi) is 5.21. The summed E-state index contributed by atoms with van der Waals surface area (Å²) < 4.78 is 0. The molecule has 5 heteroatoms. The number of benzene rings is 1. The third-order valence-corrected chi connectivity index (χ3v) is 3.75. The van der Waals surface area contributed by atoms with E-state index in [-0.39, 0.29) is 17.9 Å². The van der Waals surface area contributed by atoms with Gasteiger partial charge in [-0.1, -0.05) is 49.2 Å². The van der Waals surface area contributed by atoms with Gasteiger partial charge in [-0.15, -0.1) is 0 Å². The van der Waals surface area contributed by atoms with Crippen molar-refractivity contribution < 1.29 is 4.79 Å². The van der Waals surface area contributed by atoms with Gasteiger partial charge in [0.1, 0.15) is 0 Å². The van der Waals surface area contributed by atoms with E-state index in [1.165, 1.54) is 6.20 Å². The van der Waals surface area contributed by atoms with Crippen LogP contribution in [-0.4, -0.2) is 10.9 Å². The Hall–Kier alpha value is -1.58. The quantitative estimate of drug-likeness (QED) is 0.899. The smallest absolute Gasteiger partial charge is 0.253 e. The zero-order chi connectivity index (χ0) is 15.4. The van der Waals surface area contributed by atoms with E-state index in [4.69, 9.17) is 23.2 Å². The number of rotatable bonds is 4. The van der Waals surface area contributed by atoms with E-state index in [0.717, 1.165) is 5.56 Å². The molecule has 0 bridgehead atoms. The molecule has 0 aliphatic heterocycles. The molecule has 0 aliphatic rings. The fourth-order valence-corrected chi connectivity index (χ4v) is 2.41. The van der Waals surface area contributed by atoms with E-state index in [1.807, 2.05) is 38.1 Å². The Bertz CT molecular complexity index is 626. The van der Waals surface area contributed by atoms with Gasteiger partial charge in [0.2, 0.25) is 0 Å². The molecule has 0 radical (unpaired) electrons. The monoisotopic (exact) mass is 322 g/mol. The molecular formula is C16H16Cl2N2O. The van der Waals surface area contributed by atoms with Crippen LogP contribution in [0.3, 0.4) is 0 Å². The second-order valence-corrected chi connectivity index (χ2v) is 5.95. The predicted octanol–water partition coefficient (Wildman–Crippen LogP) is 4.52. The largest absolute Gasteiger partial charge is 0.345 e. The van der Waals surface area contributed by atoms with E-state index in [0.29, 0.717) is 15.6 Å². The zero-order valence-corrected chi connectivity index (χ0v) is 13.3. The molecule has 2 rings (SSSR count). The van der Waals surface area contributed by atoms with Crippen molar-refractivity contribution in [2.24, 2.45) is 5.92 Å². The van der Waals surface area contributed by atoms with E-state index in [1.54, 1.807) is 12.3 Å². The summed E-state index contributed by atoms with van der Waals surface area (Å²) >= 11 is 11.9. The zero-order valence-electron chi connectivity index (χ0n) is 11.8. The SMILES string of the molecule is CC(C)C(NC(=O)c1ccncc1Cl)c1ccc(Cl)cc1. The van der Waals surface area contributed by atoms with Gasteiger partial charge in [0.15, 0.2) is 0 Å². The van der Waals surface area contributed by atoms with E-state index >= 15 is 0 Å². The highest BCUT2D eigenvalue weighted by Gasteiger charge is 2.20. The van der Waals surface area contributed by atoms with Gasteiger partial charge in [0, 0.05) is 17.4 Å². The van der Waals surface area contributed by atoms with Crippen molar-refractivity contribution in [2.75, 3.05) is 0 Å². The Morgan fingerprint density at radius 2 is 1.81 bits per heavy atom. The summed E-state index contributed by atoms with van der Waals surface area (Å²) in [4.78, 5) is 16.3. The fourth-order valence-electron chi connectivity index (χ4n) is 2.08. The minimum Gasteiger partial charge on any atom is -0.345 e. The summed E-state index contributed by atoms with van der Waals surface area (Å²) in [6.07, 6.45) is 3.01. The Labute approximate surface area is 134 Å². The molecule has 1 aromatic heterocycles. The van der Waals surface area contributed by atoms with Crippen molar-refractivity contribution in [3.05, 3.63) is 63.9 Å². The predicted molar refractivity (Wildman–Crippen MR) is 85.7 cm³/mol. The highest BCUT2D eigenvalue weighted by atomic mass is 35.5. The van der Waals surface area contributed by atoms with Crippen molar-refractivity contribution in [1.82, 2.24) is 10.3 Å². The van der Waals surface area contributed by atoms with Gasteiger partial charge in [-0.2, -0.15) is 0 Å². The molecule has 0 saturated heterocycles. The van der Waals surface area contributed by atoms with Gasteiger partial charge < -0.3 is 5.32 Å². The van der Waals surface area contributed by atoms with Crippen molar-refractivity contribution in [3.8, 4) is 0 Å². The fraction of sp³-hybridized carbons (Fsp3) is 0.250. The maximum absolute atomic E-state index is 12.4. The van der Waals surface area contributed by atoms with Crippen LogP contribution >= 0.6 is 23.2 Å². The van der Waals surface area contributed by atoms with Crippen LogP contribution < -0.4 is 5.32 Å². The normalized spacial score (nSPS) is 12.2. The van der Waals surface area contributed by atoms with Crippen LogP contribution in [0.1, 0.15) is 35.8 Å². The number of carbonyl (C=O) groups is 1. The number of pyridine rings is 1. The molecular weight excluding hydrogens is 307 g/mol. The highest BCUT2D eigenvalue weighted by molar-refractivity contribution is 6.33. The molecule has 1 unspecified atom stereocenters. The lowest BCUT2D eigenvalue weighted by Crippen LogP contribution is -2.31. The molecule has 1 atom stereocenters. The Balaban J connectivity index is 2.23. The lowest BCUT2D eigenvalue weighted by molar-refractivity contribution is 0.0925. The molecule has 0 fully saturated rings. The number of carbonyl (C=O) groups excluding carboxylic acids is 1. The summed E-state index contributed by atoms with van der Waals surface area (Å²) in [6.45, 7) is 4.10. The first-order valence-electron chi connectivity index (χ1n) is 6.65. The van der Waals surface area contributed by atoms with Crippen LogP contribution in [-0.2, 0) is 0 Å². The van der Waals surface area contributed by atoms with Crippen LogP contribution in [0.4, 0.5) is 0 Å². The van der Waals surface area contributed by atoms with Crippen LogP contribution in [0, 0.1) is 5.92 Å². The molecule has 0 aliphatic carbocycles. The minimum absolute atomic E-state index is 0.112. The van der Waals surface area contributed by atoms with Crippen LogP contribution in [0.5, 0.6) is 0 Å². The van der Waals surface area contributed by atoms with Crippen LogP contribution in [0.25, 0.3) is 0 Å². The average molecular weight is 323 g/mol. The topological polar surface area (TPSA) is 42.0 Å². The van der Waals surface area contributed by atoms with Gasteiger partial charge in [0.25, 0.3) is 5.91 Å². The van der Waals surface area contributed by atoms with Crippen molar-refractivity contribution in [2.45, 2.75) is 19.9 Å². The van der Waals surface area contributed by atoms with E-state index < -0.39 is 0 Å². The third-order valence-electron chi connectivity index (χ3n) is 3.20. The van der Waals surface area contributed by atoms with Crippen molar-refractivity contribution >= 4 is 29.1 Å². The Morgan fingerprint density at radius 1 is 1.14 bits per heavy atom. The lowest BCUT2D eigenvalue weighted by Gasteiger charge is -2.23. The van der Waals surface area contributed by atoms with Gasteiger partial charge >= 0.3 is 0 Å². The molecule has 1 N–H and O–H groups in total. The summed E-state index contributed by atoms with van der Waals surface area (Å²) in [5.41, 5.74) is 1.43. The Morgan fingerprint density at radius 3 is 2.38 bits per heavy atom. The first-order valence-corrected chi connectivity index (χ1v) is 7.40. The molecule has 110 valence electrons. The first-order chi connectivity index (χ1) is 9.99. The highest BCUT2D eigenvalue weighted by Crippen LogP contribution is 2.24. The molecule has 0 spiro atoms. The standard InChI is InChI=1S/C16H16Cl2N2O/c1-10(2)15(11-3-5-12(17)6-4-11)20-16(21)13-7-8-19-9-14(13)18/h3-10,15H,1-2H3,(H,20,21). The maximum Gasteiger partial charge on any atom is 0.253 e. The lowest BCUT2D eigenvalue weighted by atomic mass is 9.95. The van der Waals surface area contributed by atoms with Crippen molar-refractivity contribution in [1.29, 1.82) is 0 Å². The number of halogens is 2. The van der Waals surface area contributed by atoms with Gasteiger partial charge in [-0.25, -0.2) is 0 Å². The second kappa shape index (κ2) is 6.92. The number of hydrogen-bond donors (Lipinski definition) is 1. The maximum atomic E-state index is 12.4. The van der Waals surface area contributed by atoms with E-state index in [2.05, 4.69) is 10.3 Å².